The van der Waals surface area contributed by atoms with Crippen LogP contribution < -0.4 is 5.56 Å². The van der Waals surface area contributed by atoms with Crippen LogP contribution in [0.5, 0.6) is 0 Å². The van der Waals surface area contributed by atoms with Crippen LogP contribution in [0.2, 0.25) is 0 Å². The van der Waals surface area contributed by atoms with E-state index in [2.05, 4.69) is 11.9 Å². The van der Waals surface area contributed by atoms with Crippen LogP contribution in [0.1, 0.15) is 25.7 Å². The summed E-state index contributed by atoms with van der Waals surface area (Å²) < 4.78 is 1.87. The first-order chi connectivity index (χ1) is 9.75. The molecule has 3 nitrogen and oxygen atoms in total. The second-order valence-electron chi connectivity index (χ2n) is 5.82. The summed E-state index contributed by atoms with van der Waals surface area (Å²) in [5, 5.41) is 1.86. The molecular weight excluding hydrogens is 248 g/mol. The average Bonchev–Trinajstić information content (AvgIpc) is 2.48. The second-order valence-corrected chi connectivity index (χ2v) is 5.82. The molecule has 1 aliphatic rings. The molecule has 0 N–H and O–H groups in total. The van der Waals surface area contributed by atoms with Gasteiger partial charge in [-0.1, -0.05) is 24.6 Å². The Morgan fingerprint density at radius 2 is 2.05 bits per heavy atom. The number of likely N-dealkylation sites (tertiary alicyclic amines) is 1. The zero-order valence-corrected chi connectivity index (χ0v) is 12.1. The Balaban J connectivity index is 1.77. The lowest BCUT2D eigenvalue weighted by molar-refractivity contribution is 0.171. The van der Waals surface area contributed by atoms with Crippen molar-refractivity contribution in [2.45, 2.75) is 38.3 Å². The van der Waals surface area contributed by atoms with Crippen molar-refractivity contribution in [3.05, 3.63) is 46.9 Å². The number of nitrogens with zero attached hydrogens (tertiary/aromatic N) is 2. The summed E-state index contributed by atoms with van der Waals surface area (Å²) in [6, 6.07) is 10.5. The van der Waals surface area contributed by atoms with Gasteiger partial charge in [0, 0.05) is 24.2 Å². The summed E-state index contributed by atoms with van der Waals surface area (Å²) in [6.45, 7) is 2.01. The first kappa shape index (κ1) is 13.4. The number of benzene rings is 1. The molecule has 0 unspecified atom stereocenters. The SMILES string of the molecule is CN1CCCC[C@@H]1CCn1ccc2ccccc2c1=O. The molecule has 0 aliphatic carbocycles. The Bertz CT molecular complexity index is 647. The number of rotatable bonds is 3. The molecule has 1 aromatic carbocycles. The summed E-state index contributed by atoms with van der Waals surface area (Å²) in [6.07, 6.45) is 6.89. The molecule has 0 amide bonds. The van der Waals surface area contributed by atoms with E-state index in [4.69, 9.17) is 0 Å². The molecule has 20 heavy (non-hydrogen) atoms. The van der Waals surface area contributed by atoms with Crippen molar-refractivity contribution >= 4 is 10.8 Å². The molecule has 1 fully saturated rings. The Morgan fingerprint density at radius 3 is 2.90 bits per heavy atom. The predicted octanol–water partition coefficient (Wildman–Crippen LogP) is 2.88. The monoisotopic (exact) mass is 270 g/mol. The minimum absolute atomic E-state index is 0.140. The van der Waals surface area contributed by atoms with Crippen LogP contribution in [0.3, 0.4) is 0 Å². The minimum Gasteiger partial charge on any atom is -0.315 e. The van der Waals surface area contributed by atoms with E-state index in [9.17, 15) is 4.79 Å². The van der Waals surface area contributed by atoms with Crippen LogP contribution in [0.4, 0.5) is 0 Å². The summed E-state index contributed by atoms with van der Waals surface area (Å²) in [5.41, 5.74) is 0.140. The lowest BCUT2D eigenvalue weighted by Crippen LogP contribution is -2.37. The summed E-state index contributed by atoms with van der Waals surface area (Å²) in [4.78, 5) is 14.9. The zero-order chi connectivity index (χ0) is 13.9. The van der Waals surface area contributed by atoms with Crippen LogP contribution in [-0.4, -0.2) is 29.1 Å². The van der Waals surface area contributed by atoms with Gasteiger partial charge in [-0.15, -0.1) is 0 Å². The maximum atomic E-state index is 12.4. The number of piperidine rings is 1. The van der Waals surface area contributed by atoms with E-state index in [0.29, 0.717) is 6.04 Å². The molecule has 3 rings (SSSR count). The van der Waals surface area contributed by atoms with Gasteiger partial charge in [-0.2, -0.15) is 0 Å². The van der Waals surface area contributed by atoms with Gasteiger partial charge in [0.15, 0.2) is 0 Å². The molecule has 3 heteroatoms. The van der Waals surface area contributed by atoms with Gasteiger partial charge in [-0.25, -0.2) is 0 Å². The van der Waals surface area contributed by atoms with Gasteiger partial charge in [-0.3, -0.25) is 4.79 Å². The van der Waals surface area contributed by atoms with E-state index in [1.165, 1.54) is 25.8 Å². The summed E-state index contributed by atoms with van der Waals surface area (Å²) >= 11 is 0. The van der Waals surface area contributed by atoms with Crippen LogP contribution in [-0.2, 0) is 6.54 Å². The minimum atomic E-state index is 0.140. The molecule has 0 radical (unpaired) electrons. The third-order valence-electron chi connectivity index (χ3n) is 4.51. The number of hydrogen-bond acceptors (Lipinski definition) is 2. The maximum absolute atomic E-state index is 12.4. The van der Waals surface area contributed by atoms with E-state index in [0.717, 1.165) is 23.7 Å². The smallest absolute Gasteiger partial charge is 0.258 e. The zero-order valence-electron chi connectivity index (χ0n) is 12.1. The first-order valence-electron chi connectivity index (χ1n) is 7.54. The van der Waals surface area contributed by atoms with Gasteiger partial charge >= 0.3 is 0 Å². The molecule has 0 bridgehead atoms. The third-order valence-corrected chi connectivity index (χ3v) is 4.51. The highest BCUT2D eigenvalue weighted by Crippen LogP contribution is 2.18. The maximum Gasteiger partial charge on any atom is 0.258 e. The fraction of sp³-hybridized carbons (Fsp3) is 0.471. The van der Waals surface area contributed by atoms with E-state index in [-0.39, 0.29) is 5.56 Å². The second kappa shape index (κ2) is 5.80. The number of fused-ring (bicyclic) bond motifs is 1. The van der Waals surface area contributed by atoms with Crippen LogP contribution in [0, 0.1) is 0 Å². The number of aryl methyl sites for hydroxylation is 1. The fourth-order valence-electron chi connectivity index (χ4n) is 3.20. The van der Waals surface area contributed by atoms with Crippen molar-refractivity contribution in [1.29, 1.82) is 0 Å². The largest absolute Gasteiger partial charge is 0.315 e. The lowest BCUT2D eigenvalue weighted by Gasteiger charge is -2.32. The van der Waals surface area contributed by atoms with Crippen molar-refractivity contribution in [3.63, 3.8) is 0 Å². The summed E-state index contributed by atoms with van der Waals surface area (Å²) in [5.74, 6) is 0. The molecule has 106 valence electrons. The van der Waals surface area contributed by atoms with Gasteiger partial charge in [0.05, 0.1) is 0 Å². The highest BCUT2D eigenvalue weighted by molar-refractivity contribution is 5.81. The average molecular weight is 270 g/mol. The number of hydrogen-bond donors (Lipinski definition) is 0. The van der Waals surface area contributed by atoms with Gasteiger partial charge < -0.3 is 9.47 Å². The Hall–Kier alpha value is -1.61. The highest BCUT2D eigenvalue weighted by Gasteiger charge is 2.18. The van der Waals surface area contributed by atoms with Gasteiger partial charge in [0.25, 0.3) is 5.56 Å². The van der Waals surface area contributed by atoms with Crippen LogP contribution in [0.25, 0.3) is 10.8 Å². The first-order valence-corrected chi connectivity index (χ1v) is 7.54. The standard InChI is InChI=1S/C17H22N2O/c1-18-11-5-4-7-15(18)10-13-19-12-9-14-6-2-3-8-16(14)17(19)20/h2-3,6,8-9,12,15H,4-5,7,10-11,13H2,1H3/t15-/m1/s1. The normalized spacial score (nSPS) is 20.4. The lowest BCUT2D eigenvalue weighted by atomic mass is 10.00. The molecule has 2 aromatic rings. The van der Waals surface area contributed by atoms with Gasteiger partial charge in [-0.05, 0) is 50.4 Å². The summed E-state index contributed by atoms with van der Waals surface area (Å²) in [7, 11) is 2.20. The molecular formula is C17H22N2O. The van der Waals surface area contributed by atoms with Gasteiger partial charge in [0.2, 0.25) is 0 Å². The molecule has 2 heterocycles. The molecule has 0 spiro atoms. The van der Waals surface area contributed by atoms with Gasteiger partial charge in [0.1, 0.15) is 0 Å². The Labute approximate surface area is 119 Å². The van der Waals surface area contributed by atoms with Crippen molar-refractivity contribution in [2.24, 2.45) is 0 Å². The van der Waals surface area contributed by atoms with E-state index >= 15 is 0 Å². The number of aromatic nitrogens is 1. The van der Waals surface area contributed by atoms with Crippen molar-refractivity contribution < 1.29 is 0 Å². The van der Waals surface area contributed by atoms with E-state index in [1.807, 2.05) is 41.1 Å². The topological polar surface area (TPSA) is 25.2 Å². The van der Waals surface area contributed by atoms with Crippen LogP contribution >= 0.6 is 0 Å². The molecule has 1 aromatic heterocycles. The fourth-order valence-corrected chi connectivity index (χ4v) is 3.20. The molecule has 1 aliphatic heterocycles. The Morgan fingerprint density at radius 1 is 1.20 bits per heavy atom. The van der Waals surface area contributed by atoms with Crippen molar-refractivity contribution in [2.75, 3.05) is 13.6 Å². The van der Waals surface area contributed by atoms with Crippen molar-refractivity contribution in [3.8, 4) is 0 Å². The quantitative estimate of drug-likeness (QED) is 0.857. The molecule has 0 saturated carbocycles. The highest BCUT2D eigenvalue weighted by atomic mass is 16.1. The molecule has 1 saturated heterocycles. The van der Waals surface area contributed by atoms with Crippen LogP contribution in [0.15, 0.2) is 41.3 Å². The van der Waals surface area contributed by atoms with Crippen molar-refractivity contribution in [1.82, 2.24) is 9.47 Å². The predicted molar refractivity (Wildman–Crippen MR) is 83.1 cm³/mol. The third kappa shape index (κ3) is 2.63. The molecule has 1 atom stereocenters. The van der Waals surface area contributed by atoms with E-state index < -0.39 is 0 Å². The van der Waals surface area contributed by atoms with E-state index in [1.54, 1.807) is 0 Å². The number of pyridine rings is 1. The Kier molecular flexibility index (Phi) is 3.88.